The average Bonchev–Trinajstić information content (AvgIpc) is 2.41. The van der Waals surface area contributed by atoms with Crippen molar-refractivity contribution in [1.82, 2.24) is 0 Å². The second-order valence-corrected chi connectivity index (χ2v) is 5.42. The normalized spacial score (nSPS) is 10.6. The van der Waals surface area contributed by atoms with Gasteiger partial charge < -0.3 is 14.2 Å². The van der Waals surface area contributed by atoms with Gasteiger partial charge in [-0.3, -0.25) is 0 Å². The maximum absolute atomic E-state index is 11.7. The summed E-state index contributed by atoms with van der Waals surface area (Å²) >= 11 is 0. The molecule has 0 saturated heterocycles. The van der Waals surface area contributed by atoms with E-state index in [0.717, 1.165) is 5.56 Å². The first-order valence-corrected chi connectivity index (χ1v) is 6.52. The van der Waals surface area contributed by atoms with Crippen LogP contribution in [0.25, 0.3) is 0 Å². The van der Waals surface area contributed by atoms with Crippen LogP contribution in [0.1, 0.15) is 26.3 Å². The molecule has 0 amide bonds. The summed E-state index contributed by atoms with van der Waals surface area (Å²) < 4.78 is 14.8. The average molecular weight is 292 g/mol. The van der Waals surface area contributed by atoms with Gasteiger partial charge >= 0.3 is 12.1 Å². The molecule has 0 aromatic heterocycles. The highest BCUT2D eigenvalue weighted by Crippen LogP contribution is 2.09. The van der Waals surface area contributed by atoms with Crippen LogP contribution < -0.4 is 0 Å². The molecular formula is C16H20O5. The van der Waals surface area contributed by atoms with E-state index >= 15 is 0 Å². The molecule has 21 heavy (non-hydrogen) atoms. The summed E-state index contributed by atoms with van der Waals surface area (Å²) in [6.07, 6.45) is -0.848. The monoisotopic (exact) mass is 292 g/mol. The minimum Gasteiger partial charge on any atom is -0.457 e. The Morgan fingerprint density at radius 3 is 2.29 bits per heavy atom. The molecule has 1 rings (SSSR count). The van der Waals surface area contributed by atoms with Crippen LogP contribution in [0.5, 0.6) is 0 Å². The second kappa shape index (κ2) is 7.47. The Morgan fingerprint density at radius 2 is 1.71 bits per heavy atom. The second-order valence-electron chi connectivity index (χ2n) is 5.42. The van der Waals surface area contributed by atoms with E-state index in [-0.39, 0.29) is 18.8 Å². The van der Waals surface area contributed by atoms with E-state index in [1.807, 2.05) is 30.3 Å². The molecule has 0 N–H and O–H groups in total. The van der Waals surface area contributed by atoms with Crippen LogP contribution in [0.4, 0.5) is 4.79 Å². The van der Waals surface area contributed by atoms with Gasteiger partial charge in [0.15, 0.2) is 0 Å². The summed E-state index contributed by atoms with van der Waals surface area (Å²) in [5.41, 5.74) is 0.273. The van der Waals surface area contributed by atoms with Gasteiger partial charge in [0.1, 0.15) is 18.8 Å². The Bertz CT molecular complexity index is 499. The van der Waals surface area contributed by atoms with Crippen LogP contribution >= 0.6 is 0 Å². The number of esters is 1. The molecule has 0 aliphatic carbocycles. The molecule has 0 unspecified atom stereocenters. The zero-order chi connectivity index (χ0) is 15.9. The lowest BCUT2D eigenvalue weighted by Gasteiger charge is -2.18. The molecule has 0 bridgehead atoms. The number of hydrogen-bond acceptors (Lipinski definition) is 5. The topological polar surface area (TPSA) is 61.8 Å². The zero-order valence-corrected chi connectivity index (χ0v) is 12.5. The minimum absolute atomic E-state index is 0.0526. The third-order valence-electron chi connectivity index (χ3n) is 2.26. The lowest BCUT2D eigenvalue weighted by molar-refractivity contribution is -0.140. The van der Waals surface area contributed by atoms with Crippen molar-refractivity contribution >= 4 is 12.1 Å². The predicted molar refractivity (Wildman–Crippen MR) is 77.6 cm³/mol. The highest BCUT2D eigenvalue weighted by molar-refractivity contribution is 5.88. The van der Waals surface area contributed by atoms with Gasteiger partial charge in [0.05, 0.1) is 5.57 Å². The molecule has 0 aliphatic rings. The fourth-order valence-corrected chi connectivity index (χ4v) is 1.31. The molecule has 0 aliphatic heterocycles. The number of carbonyl (C=O) groups is 2. The lowest BCUT2D eigenvalue weighted by Crippen LogP contribution is -2.25. The summed E-state index contributed by atoms with van der Waals surface area (Å²) in [4.78, 5) is 23.0. The van der Waals surface area contributed by atoms with Crippen molar-refractivity contribution < 1.29 is 23.8 Å². The first-order chi connectivity index (χ1) is 9.78. The van der Waals surface area contributed by atoms with E-state index < -0.39 is 17.7 Å². The maximum atomic E-state index is 11.7. The highest BCUT2D eigenvalue weighted by atomic mass is 16.7. The molecule has 0 atom stereocenters. The Kier molecular flexibility index (Phi) is 5.96. The van der Waals surface area contributed by atoms with E-state index in [9.17, 15) is 9.59 Å². The summed E-state index contributed by atoms with van der Waals surface area (Å²) in [6.45, 7) is 8.57. The van der Waals surface area contributed by atoms with Crippen molar-refractivity contribution in [2.45, 2.75) is 33.0 Å². The number of carbonyl (C=O) groups excluding carboxylic acids is 2. The van der Waals surface area contributed by atoms with E-state index in [2.05, 4.69) is 6.58 Å². The van der Waals surface area contributed by atoms with Crippen molar-refractivity contribution in [1.29, 1.82) is 0 Å². The largest absolute Gasteiger partial charge is 0.509 e. The standard InChI is InChI=1S/C16H20O5/c1-12(10-20-15(18)21-16(2,3)4)14(17)19-11-13-8-6-5-7-9-13/h5-9H,1,10-11H2,2-4H3. The highest BCUT2D eigenvalue weighted by Gasteiger charge is 2.19. The summed E-state index contributed by atoms with van der Waals surface area (Å²) in [6, 6.07) is 9.26. The molecule has 0 saturated carbocycles. The smallest absolute Gasteiger partial charge is 0.457 e. The fraction of sp³-hybridized carbons (Fsp3) is 0.375. The number of ether oxygens (including phenoxy) is 3. The van der Waals surface area contributed by atoms with Crippen LogP contribution in [0.15, 0.2) is 42.5 Å². The van der Waals surface area contributed by atoms with Gasteiger partial charge in [-0.15, -0.1) is 0 Å². The molecule has 0 spiro atoms. The van der Waals surface area contributed by atoms with Crippen LogP contribution in [-0.4, -0.2) is 24.3 Å². The fourth-order valence-electron chi connectivity index (χ4n) is 1.31. The molecular weight excluding hydrogens is 272 g/mol. The predicted octanol–water partition coefficient (Wildman–Crippen LogP) is 3.24. The molecule has 1 aromatic carbocycles. The molecule has 0 heterocycles. The van der Waals surface area contributed by atoms with Gasteiger partial charge in [0.25, 0.3) is 0 Å². The number of hydrogen-bond donors (Lipinski definition) is 0. The van der Waals surface area contributed by atoms with Gasteiger partial charge in [-0.05, 0) is 26.3 Å². The summed E-state index contributed by atoms with van der Waals surface area (Å²) in [5.74, 6) is -0.609. The minimum atomic E-state index is -0.848. The van der Waals surface area contributed by atoms with Crippen LogP contribution in [-0.2, 0) is 25.6 Å². The van der Waals surface area contributed by atoms with E-state index in [1.54, 1.807) is 20.8 Å². The maximum Gasteiger partial charge on any atom is 0.509 e. The Labute approximate surface area is 124 Å². The third kappa shape index (κ3) is 7.15. The Balaban J connectivity index is 2.32. The molecule has 5 nitrogen and oxygen atoms in total. The van der Waals surface area contributed by atoms with Crippen LogP contribution in [0.3, 0.4) is 0 Å². The molecule has 0 fully saturated rings. The Hall–Kier alpha value is -2.30. The van der Waals surface area contributed by atoms with Crippen molar-refractivity contribution in [2.24, 2.45) is 0 Å². The molecule has 5 heteroatoms. The van der Waals surface area contributed by atoms with E-state index in [1.165, 1.54) is 0 Å². The van der Waals surface area contributed by atoms with Crippen LogP contribution in [0.2, 0.25) is 0 Å². The van der Waals surface area contributed by atoms with E-state index in [0.29, 0.717) is 0 Å². The van der Waals surface area contributed by atoms with Gasteiger partial charge in [-0.1, -0.05) is 36.9 Å². The summed E-state index contributed by atoms with van der Waals surface area (Å²) in [7, 11) is 0. The molecule has 114 valence electrons. The Morgan fingerprint density at radius 1 is 1.10 bits per heavy atom. The number of rotatable bonds is 5. The van der Waals surface area contributed by atoms with Crippen LogP contribution in [0, 0.1) is 0 Å². The van der Waals surface area contributed by atoms with Crippen molar-refractivity contribution in [3.05, 3.63) is 48.0 Å². The first-order valence-electron chi connectivity index (χ1n) is 6.52. The third-order valence-corrected chi connectivity index (χ3v) is 2.26. The van der Waals surface area contributed by atoms with Gasteiger partial charge in [0, 0.05) is 0 Å². The SMILES string of the molecule is C=C(COC(=O)OC(C)(C)C)C(=O)OCc1ccccc1. The van der Waals surface area contributed by atoms with Crippen molar-refractivity contribution in [3.63, 3.8) is 0 Å². The quantitative estimate of drug-likeness (QED) is 0.616. The van der Waals surface area contributed by atoms with Gasteiger partial charge in [-0.25, -0.2) is 9.59 Å². The molecule has 1 aromatic rings. The van der Waals surface area contributed by atoms with Crippen molar-refractivity contribution in [3.8, 4) is 0 Å². The van der Waals surface area contributed by atoms with Gasteiger partial charge in [0.2, 0.25) is 0 Å². The molecule has 0 radical (unpaired) electrons. The lowest BCUT2D eigenvalue weighted by atomic mass is 10.2. The van der Waals surface area contributed by atoms with Gasteiger partial charge in [-0.2, -0.15) is 0 Å². The number of benzene rings is 1. The first kappa shape index (κ1) is 16.8. The van der Waals surface area contributed by atoms with E-state index in [4.69, 9.17) is 14.2 Å². The zero-order valence-electron chi connectivity index (χ0n) is 12.5. The van der Waals surface area contributed by atoms with Crippen molar-refractivity contribution in [2.75, 3.05) is 6.61 Å². The summed E-state index contributed by atoms with van der Waals surface area (Å²) in [5, 5.41) is 0.